The number of benzene rings is 1. The quantitative estimate of drug-likeness (QED) is 0.517. The maximum absolute atomic E-state index is 13.8. The van der Waals surface area contributed by atoms with E-state index in [4.69, 9.17) is 14.6 Å². The first kappa shape index (κ1) is 19.1. The zero-order valence-corrected chi connectivity index (χ0v) is 13.2. The molecule has 1 N–H and O–H groups in total. The van der Waals surface area contributed by atoms with Gasteiger partial charge in [-0.2, -0.15) is 0 Å². The van der Waals surface area contributed by atoms with Gasteiger partial charge in [-0.25, -0.2) is 4.39 Å². The van der Waals surface area contributed by atoms with Crippen molar-refractivity contribution in [2.45, 2.75) is 13.3 Å². The van der Waals surface area contributed by atoms with E-state index in [-0.39, 0.29) is 51.5 Å². The maximum Gasteiger partial charge on any atom is 0.307 e. The summed E-state index contributed by atoms with van der Waals surface area (Å²) in [5, 5.41) is 8.67. The molecule has 0 aliphatic rings. The third kappa shape index (κ3) is 6.75. The minimum atomic E-state index is -0.616. The molecule has 0 aromatic heterocycles. The average Bonchev–Trinajstić information content (AvgIpc) is 2.54. The van der Waals surface area contributed by atoms with Crippen LogP contribution in [0.3, 0.4) is 0 Å². The Morgan fingerprint density at radius 3 is 2.61 bits per heavy atom. The highest BCUT2D eigenvalue weighted by Gasteiger charge is 2.19. The van der Waals surface area contributed by atoms with Crippen LogP contribution >= 0.6 is 0 Å². The van der Waals surface area contributed by atoms with Crippen LogP contribution in [0.5, 0.6) is 0 Å². The van der Waals surface area contributed by atoms with Crippen molar-refractivity contribution in [2.75, 3.05) is 39.5 Å². The van der Waals surface area contributed by atoms with Gasteiger partial charge >= 0.3 is 5.97 Å². The first-order chi connectivity index (χ1) is 11.1. The number of carbonyl (C=O) groups excluding carboxylic acids is 2. The highest BCUT2D eigenvalue weighted by molar-refractivity contribution is 5.94. The lowest BCUT2D eigenvalue weighted by atomic mass is 10.2. The average molecular weight is 327 g/mol. The number of carbonyl (C=O) groups is 2. The second-order valence-corrected chi connectivity index (χ2v) is 4.66. The lowest BCUT2D eigenvalue weighted by Crippen LogP contribution is -2.36. The number of aliphatic hydroxyl groups is 1. The van der Waals surface area contributed by atoms with Crippen LogP contribution in [0.1, 0.15) is 23.7 Å². The van der Waals surface area contributed by atoms with Crippen LogP contribution in [-0.4, -0.2) is 61.4 Å². The molecule has 0 heterocycles. The highest BCUT2D eigenvalue weighted by Crippen LogP contribution is 2.10. The predicted octanol–water partition coefficient (Wildman–Crippen LogP) is 1.23. The van der Waals surface area contributed by atoms with Gasteiger partial charge in [0, 0.05) is 13.1 Å². The topological polar surface area (TPSA) is 76.1 Å². The lowest BCUT2D eigenvalue weighted by Gasteiger charge is -2.22. The van der Waals surface area contributed by atoms with Crippen molar-refractivity contribution < 1.29 is 28.6 Å². The Kier molecular flexibility index (Phi) is 8.86. The molecule has 0 fully saturated rings. The summed E-state index contributed by atoms with van der Waals surface area (Å²) >= 11 is 0. The van der Waals surface area contributed by atoms with Crippen molar-refractivity contribution >= 4 is 11.9 Å². The molecule has 1 aromatic rings. The molecular weight excluding hydrogens is 305 g/mol. The van der Waals surface area contributed by atoms with E-state index in [1.165, 1.54) is 23.1 Å². The number of ether oxygens (including phenoxy) is 2. The number of amides is 1. The smallest absolute Gasteiger partial charge is 0.307 e. The molecule has 0 bridgehead atoms. The second-order valence-electron chi connectivity index (χ2n) is 4.66. The SMILES string of the molecule is CCOC(=O)CCN(CCOCCO)C(=O)c1ccccc1F. The van der Waals surface area contributed by atoms with E-state index in [0.717, 1.165) is 0 Å². The summed E-state index contributed by atoms with van der Waals surface area (Å²) in [5.41, 5.74) is -0.0569. The van der Waals surface area contributed by atoms with Crippen LogP contribution in [0.4, 0.5) is 4.39 Å². The van der Waals surface area contributed by atoms with Gasteiger partial charge in [-0.15, -0.1) is 0 Å². The Bertz CT molecular complexity index is 509. The van der Waals surface area contributed by atoms with Crippen molar-refractivity contribution in [3.8, 4) is 0 Å². The predicted molar refractivity (Wildman–Crippen MR) is 81.5 cm³/mol. The number of hydrogen-bond donors (Lipinski definition) is 1. The van der Waals surface area contributed by atoms with E-state index < -0.39 is 17.7 Å². The molecule has 0 atom stereocenters. The van der Waals surface area contributed by atoms with Crippen LogP contribution in [0.2, 0.25) is 0 Å². The van der Waals surface area contributed by atoms with Crippen molar-refractivity contribution in [1.82, 2.24) is 4.90 Å². The summed E-state index contributed by atoms with van der Waals surface area (Å²) in [4.78, 5) is 25.2. The van der Waals surface area contributed by atoms with E-state index in [2.05, 4.69) is 0 Å². The van der Waals surface area contributed by atoms with Crippen molar-refractivity contribution in [1.29, 1.82) is 0 Å². The second kappa shape index (κ2) is 10.7. The normalized spacial score (nSPS) is 10.4. The Morgan fingerprint density at radius 1 is 1.22 bits per heavy atom. The molecule has 1 amide bonds. The third-order valence-corrected chi connectivity index (χ3v) is 3.02. The van der Waals surface area contributed by atoms with Crippen LogP contribution in [0, 0.1) is 5.82 Å². The number of aliphatic hydroxyl groups excluding tert-OH is 1. The van der Waals surface area contributed by atoms with Crippen LogP contribution < -0.4 is 0 Å². The molecule has 0 radical (unpaired) electrons. The monoisotopic (exact) mass is 327 g/mol. The standard InChI is InChI=1S/C16H22FNO5/c1-2-23-15(20)7-8-18(9-11-22-12-10-19)16(21)13-5-3-4-6-14(13)17/h3-6,19H,2,7-12H2,1H3. The first-order valence-corrected chi connectivity index (χ1v) is 7.48. The van der Waals surface area contributed by atoms with Gasteiger partial charge in [-0.05, 0) is 19.1 Å². The van der Waals surface area contributed by atoms with Crippen molar-refractivity contribution in [3.63, 3.8) is 0 Å². The number of hydrogen-bond acceptors (Lipinski definition) is 5. The maximum atomic E-state index is 13.8. The molecule has 0 saturated carbocycles. The molecule has 6 nitrogen and oxygen atoms in total. The number of esters is 1. The molecule has 1 rings (SSSR count). The largest absolute Gasteiger partial charge is 0.466 e. The summed E-state index contributed by atoms with van der Waals surface area (Å²) in [6.45, 7) is 2.47. The minimum Gasteiger partial charge on any atom is -0.466 e. The van der Waals surface area contributed by atoms with E-state index in [0.29, 0.717) is 0 Å². The molecule has 0 spiro atoms. The summed E-state index contributed by atoms with van der Waals surface area (Å²) in [6, 6.07) is 5.67. The summed E-state index contributed by atoms with van der Waals surface area (Å²) in [5.74, 6) is -1.55. The Balaban J connectivity index is 2.70. The van der Waals surface area contributed by atoms with E-state index in [1.807, 2.05) is 0 Å². The molecule has 0 saturated heterocycles. The van der Waals surface area contributed by atoms with Gasteiger partial charge in [0.25, 0.3) is 5.91 Å². The highest BCUT2D eigenvalue weighted by atomic mass is 19.1. The van der Waals surface area contributed by atoms with Crippen LogP contribution in [-0.2, 0) is 14.3 Å². The van der Waals surface area contributed by atoms with Gasteiger partial charge in [-0.1, -0.05) is 12.1 Å². The van der Waals surface area contributed by atoms with Crippen molar-refractivity contribution in [2.24, 2.45) is 0 Å². The summed E-state index contributed by atoms with van der Waals surface area (Å²) in [6.07, 6.45) is 0.0219. The number of rotatable bonds is 10. The lowest BCUT2D eigenvalue weighted by molar-refractivity contribution is -0.143. The molecule has 1 aromatic carbocycles. The van der Waals surface area contributed by atoms with Gasteiger partial charge in [0.2, 0.25) is 0 Å². The fourth-order valence-corrected chi connectivity index (χ4v) is 1.92. The van der Waals surface area contributed by atoms with Gasteiger partial charge in [0.15, 0.2) is 0 Å². The molecule has 23 heavy (non-hydrogen) atoms. The minimum absolute atomic E-state index is 0.0219. The van der Waals surface area contributed by atoms with Gasteiger partial charge in [0.1, 0.15) is 5.82 Å². The molecule has 128 valence electrons. The van der Waals surface area contributed by atoms with Gasteiger partial charge in [0.05, 0.1) is 38.4 Å². The van der Waals surface area contributed by atoms with E-state index in [9.17, 15) is 14.0 Å². The van der Waals surface area contributed by atoms with Crippen molar-refractivity contribution in [3.05, 3.63) is 35.6 Å². The molecule has 0 aliphatic heterocycles. The number of nitrogens with zero attached hydrogens (tertiary/aromatic N) is 1. The zero-order chi connectivity index (χ0) is 17.1. The van der Waals surface area contributed by atoms with E-state index >= 15 is 0 Å². The summed E-state index contributed by atoms with van der Waals surface area (Å²) in [7, 11) is 0. The van der Waals surface area contributed by atoms with Gasteiger partial charge in [-0.3, -0.25) is 9.59 Å². The molecular formula is C16H22FNO5. The number of halogens is 1. The fraction of sp³-hybridized carbons (Fsp3) is 0.500. The Morgan fingerprint density at radius 2 is 1.96 bits per heavy atom. The molecule has 0 unspecified atom stereocenters. The summed E-state index contributed by atoms with van der Waals surface area (Å²) < 4.78 is 23.7. The van der Waals surface area contributed by atoms with Gasteiger partial charge < -0.3 is 19.5 Å². The third-order valence-electron chi connectivity index (χ3n) is 3.02. The van der Waals surface area contributed by atoms with Crippen LogP contribution in [0.25, 0.3) is 0 Å². The zero-order valence-electron chi connectivity index (χ0n) is 13.2. The fourth-order valence-electron chi connectivity index (χ4n) is 1.92. The molecule has 7 heteroatoms. The van der Waals surface area contributed by atoms with Crippen LogP contribution in [0.15, 0.2) is 24.3 Å². The molecule has 0 aliphatic carbocycles. The first-order valence-electron chi connectivity index (χ1n) is 7.48. The Hall–Kier alpha value is -1.99. The Labute approximate surface area is 134 Å². The van der Waals surface area contributed by atoms with E-state index in [1.54, 1.807) is 13.0 Å².